The Kier molecular flexibility index (Phi) is 6.64. The van der Waals surface area contributed by atoms with Gasteiger partial charge in [-0.3, -0.25) is 4.79 Å². The summed E-state index contributed by atoms with van der Waals surface area (Å²) in [4.78, 5) is 16.6. The van der Waals surface area contributed by atoms with E-state index in [1.165, 1.54) is 23.9 Å². The van der Waals surface area contributed by atoms with Crippen molar-refractivity contribution in [1.29, 1.82) is 5.26 Å². The van der Waals surface area contributed by atoms with Gasteiger partial charge in [0.15, 0.2) is 0 Å². The standard InChI is InChI=1S/C21H15ClFN3OS/c22-16-8-5-14(6-9-16)18-10-7-15(13-24)21(26-18)28-12-11-20(27)25-19-4-2-1-3-17(19)23/h1-10H,11-12H2,(H,25,27). The van der Waals surface area contributed by atoms with E-state index >= 15 is 0 Å². The van der Waals surface area contributed by atoms with E-state index < -0.39 is 5.82 Å². The molecule has 1 aromatic heterocycles. The van der Waals surface area contributed by atoms with Crippen molar-refractivity contribution in [2.24, 2.45) is 0 Å². The Labute approximate surface area is 171 Å². The zero-order valence-corrected chi connectivity index (χ0v) is 16.2. The smallest absolute Gasteiger partial charge is 0.225 e. The molecule has 1 heterocycles. The van der Waals surface area contributed by atoms with Crippen molar-refractivity contribution in [2.75, 3.05) is 11.1 Å². The summed E-state index contributed by atoms with van der Waals surface area (Å²) in [5.41, 5.74) is 2.19. The molecule has 0 atom stereocenters. The Morgan fingerprint density at radius 3 is 2.61 bits per heavy atom. The first kappa shape index (κ1) is 19.9. The van der Waals surface area contributed by atoms with Gasteiger partial charge in [-0.25, -0.2) is 9.37 Å². The van der Waals surface area contributed by atoms with Gasteiger partial charge in [-0.15, -0.1) is 11.8 Å². The van der Waals surface area contributed by atoms with Gasteiger partial charge in [0.25, 0.3) is 0 Å². The Hall–Kier alpha value is -2.88. The van der Waals surface area contributed by atoms with Gasteiger partial charge in [0, 0.05) is 22.8 Å². The number of amides is 1. The first-order chi connectivity index (χ1) is 13.6. The van der Waals surface area contributed by atoms with Gasteiger partial charge >= 0.3 is 0 Å². The summed E-state index contributed by atoms with van der Waals surface area (Å²) in [6.07, 6.45) is 0.163. The van der Waals surface area contributed by atoms with Crippen molar-refractivity contribution in [3.63, 3.8) is 0 Å². The van der Waals surface area contributed by atoms with Gasteiger partial charge in [0.05, 0.1) is 16.9 Å². The number of benzene rings is 2. The van der Waals surface area contributed by atoms with E-state index in [0.717, 1.165) is 5.56 Å². The van der Waals surface area contributed by atoms with Crippen LogP contribution in [0.25, 0.3) is 11.3 Å². The average molecular weight is 412 g/mol. The molecule has 0 radical (unpaired) electrons. The number of carbonyl (C=O) groups excluding carboxylic acids is 1. The fraction of sp³-hybridized carbons (Fsp3) is 0.0952. The molecule has 0 saturated carbocycles. The molecule has 0 spiro atoms. The zero-order valence-electron chi connectivity index (χ0n) is 14.7. The fourth-order valence-corrected chi connectivity index (χ4v) is 3.47. The van der Waals surface area contributed by atoms with Crippen LogP contribution in [0, 0.1) is 17.1 Å². The summed E-state index contributed by atoms with van der Waals surface area (Å²) in [5.74, 6) is -0.371. The van der Waals surface area contributed by atoms with E-state index in [4.69, 9.17) is 11.6 Å². The third-order valence-electron chi connectivity index (χ3n) is 3.84. The summed E-state index contributed by atoms with van der Waals surface area (Å²) < 4.78 is 13.6. The van der Waals surface area contributed by atoms with E-state index in [9.17, 15) is 14.4 Å². The number of carbonyl (C=O) groups is 1. The quantitative estimate of drug-likeness (QED) is 0.541. The molecule has 0 bridgehead atoms. The Morgan fingerprint density at radius 2 is 1.89 bits per heavy atom. The molecular weight excluding hydrogens is 397 g/mol. The molecular formula is C21H15ClFN3OS. The van der Waals surface area contributed by atoms with Crippen LogP contribution in [-0.2, 0) is 4.79 Å². The summed E-state index contributed by atoms with van der Waals surface area (Å²) in [6, 6.07) is 18.9. The predicted octanol–water partition coefficient (Wildman–Crippen LogP) is 5.53. The van der Waals surface area contributed by atoms with Gasteiger partial charge in [-0.2, -0.15) is 5.26 Å². The molecule has 0 aliphatic rings. The van der Waals surface area contributed by atoms with E-state index in [-0.39, 0.29) is 18.0 Å². The molecule has 0 aliphatic heterocycles. The second-order valence-electron chi connectivity index (χ2n) is 5.79. The van der Waals surface area contributed by atoms with E-state index in [0.29, 0.717) is 27.1 Å². The lowest BCUT2D eigenvalue weighted by molar-refractivity contribution is -0.115. The van der Waals surface area contributed by atoms with Gasteiger partial charge in [-0.05, 0) is 36.4 Å². The second kappa shape index (κ2) is 9.36. The second-order valence-corrected chi connectivity index (χ2v) is 7.31. The molecule has 1 amide bonds. The summed E-state index contributed by atoms with van der Waals surface area (Å²) in [5, 5.41) is 13.0. The lowest BCUT2D eigenvalue weighted by atomic mass is 10.1. The normalized spacial score (nSPS) is 10.3. The first-order valence-electron chi connectivity index (χ1n) is 8.41. The largest absolute Gasteiger partial charge is 0.324 e. The maximum atomic E-state index is 13.6. The van der Waals surface area contributed by atoms with Crippen molar-refractivity contribution in [3.8, 4) is 17.3 Å². The number of aromatic nitrogens is 1. The van der Waals surface area contributed by atoms with Crippen LogP contribution in [0.15, 0.2) is 65.7 Å². The number of anilines is 1. The zero-order chi connectivity index (χ0) is 19.9. The Morgan fingerprint density at radius 1 is 1.14 bits per heavy atom. The van der Waals surface area contributed by atoms with Gasteiger partial charge in [-0.1, -0.05) is 35.9 Å². The van der Waals surface area contributed by atoms with Crippen LogP contribution in [0.3, 0.4) is 0 Å². The Bertz CT molecular complexity index is 1030. The number of nitriles is 1. The first-order valence-corrected chi connectivity index (χ1v) is 9.77. The van der Waals surface area contributed by atoms with Crippen LogP contribution in [0.5, 0.6) is 0 Å². The molecule has 2 aromatic carbocycles. The van der Waals surface area contributed by atoms with Crippen LogP contribution in [0.1, 0.15) is 12.0 Å². The monoisotopic (exact) mass is 411 g/mol. The predicted molar refractivity (Wildman–Crippen MR) is 110 cm³/mol. The molecule has 0 aliphatic carbocycles. The van der Waals surface area contributed by atoms with Crippen LogP contribution in [0.2, 0.25) is 5.02 Å². The molecule has 28 heavy (non-hydrogen) atoms. The maximum Gasteiger partial charge on any atom is 0.225 e. The number of thioether (sulfide) groups is 1. The Balaban J connectivity index is 1.65. The van der Waals surface area contributed by atoms with Gasteiger partial charge < -0.3 is 5.32 Å². The number of halogens is 2. The van der Waals surface area contributed by atoms with Gasteiger partial charge in [0.2, 0.25) is 5.91 Å². The number of rotatable bonds is 6. The highest BCUT2D eigenvalue weighted by Gasteiger charge is 2.11. The van der Waals surface area contributed by atoms with E-state index in [1.54, 1.807) is 36.4 Å². The number of nitrogens with zero attached hydrogens (tertiary/aromatic N) is 2. The fourth-order valence-electron chi connectivity index (χ4n) is 2.43. The lowest BCUT2D eigenvalue weighted by Gasteiger charge is -2.08. The van der Waals surface area contributed by atoms with Crippen molar-refractivity contribution < 1.29 is 9.18 Å². The van der Waals surface area contributed by atoms with Crippen LogP contribution in [-0.4, -0.2) is 16.6 Å². The third-order valence-corrected chi connectivity index (χ3v) is 5.08. The minimum absolute atomic E-state index is 0.151. The number of para-hydroxylation sites is 1. The highest BCUT2D eigenvalue weighted by atomic mass is 35.5. The van der Waals surface area contributed by atoms with Crippen molar-refractivity contribution >= 4 is 35.0 Å². The SMILES string of the molecule is N#Cc1ccc(-c2ccc(Cl)cc2)nc1SCCC(=O)Nc1ccccc1F. The van der Waals surface area contributed by atoms with E-state index in [1.807, 2.05) is 12.1 Å². The highest BCUT2D eigenvalue weighted by molar-refractivity contribution is 7.99. The van der Waals surface area contributed by atoms with Crippen molar-refractivity contribution in [2.45, 2.75) is 11.4 Å². The molecule has 0 fully saturated rings. The summed E-state index contributed by atoms with van der Waals surface area (Å²) >= 11 is 7.23. The number of hydrogen-bond acceptors (Lipinski definition) is 4. The van der Waals surface area contributed by atoms with Crippen LogP contribution < -0.4 is 5.32 Å². The van der Waals surface area contributed by atoms with Crippen molar-refractivity contribution in [1.82, 2.24) is 4.98 Å². The third kappa shape index (κ3) is 5.10. The molecule has 1 N–H and O–H groups in total. The summed E-state index contributed by atoms with van der Waals surface area (Å²) in [6.45, 7) is 0. The molecule has 3 rings (SSSR count). The van der Waals surface area contributed by atoms with Crippen LogP contribution >= 0.6 is 23.4 Å². The van der Waals surface area contributed by atoms with Crippen molar-refractivity contribution in [3.05, 3.63) is 77.1 Å². The molecule has 7 heteroatoms. The minimum atomic E-state index is -0.479. The molecule has 3 aromatic rings. The summed E-state index contributed by atoms with van der Waals surface area (Å²) in [7, 11) is 0. The number of nitrogens with one attached hydrogen (secondary N) is 1. The van der Waals surface area contributed by atoms with Gasteiger partial charge in [0.1, 0.15) is 16.9 Å². The maximum absolute atomic E-state index is 13.6. The molecule has 4 nitrogen and oxygen atoms in total. The minimum Gasteiger partial charge on any atom is -0.324 e. The number of pyridine rings is 1. The van der Waals surface area contributed by atoms with Crippen LogP contribution in [0.4, 0.5) is 10.1 Å². The average Bonchev–Trinajstić information content (AvgIpc) is 2.70. The lowest BCUT2D eigenvalue weighted by Crippen LogP contribution is -2.13. The number of hydrogen-bond donors (Lipinski definition) is 1. The molecule has 140 valence electrons. The molecule has 0 saturated heterocycles. The topological polar surface area (TPSA) is 65.8 Å². The van der Waals surface area contributed by atoms with E-state index in [2.05, 4.69) is 16.4 Å². The molecule has 0 unspecified atom stereocenters. The highest BCUT2D eigenvalue weighted by Crippen LogP contribution is 2.26.